The first-order valence-electron chi connectivity index (χ1n) is 7.89. The van der Waals surface area contributed by atoms with Crippen LogP contribution in [0.25, 0.3) is 10.2 Å². The zero-order valence-electron chi connectivity index (χ0n) is 14.4. The first kappa shape index (κ1) is 18.5. The highest BCUT2D eigenvalue weighted by Crippen LogP contribution is 2.22. The van der Waals surface area contributed by atoms with Crippen molar-refractivity contribution in [3.8, 4) is 0 Å². The Morgan fingerprint density at radius 1 is 1.15 bits per heavy atom. The predicted molar refractivity (Wildman–Crippen MR) is 100 cm³/mol. The van der Waals surface area contributed by atoms with Gasteiger partial charge in [-0.1, -0.05) is 29.8 Å². The molecule has 0 aliphatic heterocycles. The molecule has 8 heteroatoms. The molecule has 0 aliphatic rings. The molecule has 3 rings (SSSR count). The second-order valence-electron chi connectivity index (χ2n) is 5.81. The van der Waals surface area contributed by atoms with Crippen LogP contribution in [0, 0.1) is 6.92 Å². The summed E-state index contributed by atoms with van der Waals surface area (Å²) >= 11 is 1.44. The molecule has 2 aromatic carbocycles. The van der Waals surface area contributed by atoms with Crippen molar-refractivity contribution in [3.63, 3.8) is 0 Å². The van der Waals surface area contributed by atoms with Crippen LogP contribution in [-0.2, 0) is 26.2 Å². The van der Waals surface area contributed by atoms with E-state index < -0.39 is 16.0 Å². The molecule has 3 aromatic rings. The van der Waals surface area contributed by atoms with E-state index in [1.54, 1.807) is 12.1 Å². The van der Waals surface area contributed by atoms with Gasteiger partial charge in [0.2, 0.25) is 10.0 Å². The normalized spacial score (nSPS) is 11.8. The standard InChI is InChI=1S/C18H18N2O4S2/c1-13-7-9-14(10-8-13)26(22,23)20(2)11-18(21)24-12-17-19-15-5-3-4-6-16(15)25-17/h3-10H,11-12H2,1-2H3. The van der Waals surface area contributed by atoms with Crippen LogP contribution in [0.5, 0.6) is 0 Å². The van der Waals surface area contributed by atoms with Gasteiger partial charge >= 0.3 is 5.97 Å². The molecule has 0 unspecified atom stereocenters. The molecule has 0 N–H and O–H groups in total. The number of rotatable bonds is 6. The first-order valence-corrected chi connectivity index (χ1v) is 10.1. The summed E-state index contributed by atoms with van der Waals surface area (Å²) in [5.41, 5.74) is 1.81. The average molecular weight is 390 g/mol. The molecule has 1 heterocycles. The number of carbonyl (C=O) groups is 1. The van der Waals surface area contributed by atoms with Gasteiger partial charge < -0.3 is 4.74 Å². The molecule has 0 bridgehead atoms. The van der Waals surface area contributed by atoms with Crippen molar-refractivity contribution in [1.82, 2.24) is 9.29 Å². The number of thiazole rings is 1. The predicted octanol–water partition coefficient (Wildman–Crippen LogP) is 2.97. The minimum absolute atomic E-state index is 0.0244. The maximum Gasteiger partial charge on any atom is 0.321 e. The van der Waals surface area contributed by atoms with E-state index in [1.807, 2.05) is 31.2 Å². The fourth-order valence-electron chi connectivity index (χ4n) is 2.33. The number of aromatic nitrogens is 1. The molecule has 0 atom stereocenters. The zero-order valence-corrected chi connectivity index (χ0v) is 16.0. The highest BCUT2D eigenvalue weighted by molar-refractivity contribution is 7.89. The third-order valence-corrected chi connectivity index (χ3v) is 6.60. The van der Waals surface area contributed by atoms with Crippen molar-refractivity contribution in [2.45, 2.75) is 18.4 Å². The second-order valence-corrected chi connectivity index (χ2v) is 8.97. The Balaban J connectivity index is 1.60. The zero-order chi connectivity index (χ0) is 18.7. The maximum absolute atomic E-state index is 12.5. The van der Waals surface area contributed by atoms with Gasteiger partial charge in [-0.05, 0) is 31.2 Å². The summed E-state index contributed by atoms with van der Waals surface area (Å²) in [6.45, 7) is 1.54. The van der Waals surface area contributed by atoms with Crippen molar-refractivity contribution in [1.29, 1.82) is 0 Å². The number of benzene rings is 2. The minimum atomic E-state index is -3.73. The quantitative estimate of drug-likeness (QED) is 0.605. The summed E-state index contributed by atoms with van der Waals surface area (Å²) in [7, 11) is -2.38. The minimum Gasteiger partial charge on any atom is -0.457 e. The molecule has 0 fully saturated rings. The van der Waals surface area contributed by atoms with Crippen molar-refractivity contribution < 1.29 is 17.9 Å². The summed E-state index contributed by atoms with van der Waals surface area (Å²) in [6.07, 6.45) is 0. The maximum atomic E-state index is 12.5. The topological polar surface area (TPSA) is 76.6 Å². The summed E-state index contributed by atoms with van der Waals surface area (Å²) in [5.74, 6) is -0.623. The lowest BCUT2D eigenvalue weighted by Crippen LogP contribution is -2.33. The highest BCUT2D eigenvalue weighted by Gasteiger charge is 2.23. The van der Waals surface area contributed by atoms with Gasteiger partial charge in [-0.15, -0.1) is 11.3 Å². The van der Waals surface area contributed by atoms with E-state index in [9.17, 15) is 13.2 Å². The number of likely N-dealkylation sites (N-methyl/N-ethyl adjacent to an activating group) is 1. The lowest BCUT2D eigenvalue weighted by molar-refractivity contribution is -0.144. The largest absolute Gasteiger partial charge is 0.457 e. The van der Waals surface area contributed by atoms with Crippen LogP contribution in [0.2, 0.25) is 0 Å². The number of hydrogen-bond donors (Lipinski definition) is 0. The van der Waals surface area contributed by atoms with Crippen LogP contribution in [-0.4, -0.2) is 37.3 Å². The van der Waals surface area contributed by atoms with Crippen LogP contribution in [0.4, 0.5) is 0 Å². The summed E-state index contributed by atoms with van der Waals surface area (Å²) < 4.78 is 32.1. The van der Waals surface area contributed by atoms with E-state index in [0.29, 0.717) is 5.01 Å². The molecule has 136 valence electrons. The molecule has 0 saturated heterocycles. The van der Waals surface area contributed by atoms with Gasteiger partial charge in [0.1, 0.15) is 18.2 Å². The summed E-state index contributed by atoms with van der Waals surface area (Å²) in [6, 6.07) is 14.1. The van der Waals surface area contributed by atoms with Gasteiger partial charge in [0.05, 0.1) is 15.1 Å². The molecular weight excluding hydrogens is 372 g/mol. The number of ether oxygens (including phenoxy) is 1. The van der Waals surface area contributed by atoms with Crippen molar-refractivity contribution in [2.24, 2.45) is 0 Å². The third kappa shape index (κ3) is 4.09. The van der Waals surface area contributed by atoms with E-state index in [1.165, 1.54) is 30.5 Å². The lowest BCUT2D eigenvalue weighted by atomic mass is 10.2. The van der Waals surface area contributed by atoms with Crippen LogP contribution in [0.1, 0.15) is 10.6 Å². The van der Waals surface area contributed by atoms with Crippen LogP contribution >= 0.6 is 11.3 Å². The fourth-order valence-corrected chi connectivity index (χ4v) is 4.32. The van der Waals surface area contributed by atoms with Gasteiger partial charge in [0.25, 0.3) is 0 Å². The van der Waals surface area contributed by atoms with Gasteiger partial charge in [-0.3, -0.25) is 4.79 Å². The summed E-state index contributed by atoms with van der Waals surface area (Å²) in [5, 5.41) is 0.670. The van der Waals surface area contributed by atoms with Gasteiger partial charge in [-0.25, -0.2) is 13.4 Å². The summed E-state index contributed by atoms with van der Waals surface area (Å²) in [4.78, 5) is 16.5. The molecular formula is C18H18N2O4S2. The van der Waals surface area contributed by atoms with Crippen molar-refractivity contribution in [3.05, 3.63) is 59.1 Å². The highest BCUT2D eigenvalue weighted by atomic mass is 32.2. The molecule has 0 amide bonds. The van der Waals surface area contributed by atoms with E-state index in [0.717, 1.165) is 20.1 Å². The monoisotopic (exact) mass is 390 g/mol. The van der Waals surface area contributed by atoms with Gasteiger partial charge in [0, 0.05) is 7.05 Å². The number of aryl methyl sites for hydroxylation is 1. The fraction of sp³-hybridized carbons (Fsp3) is 0.222. The SMILES string of the molecule is Cc1ccc(S(=O)(=O)N(C)CC(=O)OCc2nc3ccccc3s2)cc1. The second kappa shape index (κ2) is 7.53. The van der Waals surface area contributed by atoms with Crippen LogP contribution in [0.3, 0.4) is 0 Å². The molecule has 0 spiro atoms. The van der Waals surface area contributed by atoms with Crippen molar-refractivity contribution in [2.75, 3.05) is 13.6 Å². The molecule has 26 heavy (non-hydrogen) atoms. The molecule has 0 radical (unpaired) electrons. The Labute approximate surface area is 156 Å². The Morgan fingerprint density at radius 2 is 1.85 bits per heavy atom. The number of para-hydroxylation sites is 1. The van der Waals surface area contributed by atoms with Crippen LogP contribution in [0.15, 0.2) is 53.4 Å². The van der Waals surface area contributed by atoms with E-state index >= 15 is 0 Å². The van der Waals surface area contributed by atoms with E-state index in [4.69, 9.17) is 4.74 Å². The molecule has 0 aliphatic carbocycles. The molecule has 6 nitrogen and oxygen atoms in total. The van der Waals surface area contributed by atoms with Gasteiger partial charge in [0.15, 0.2) is 0 Å². The lowest BCUT2D eigenvalue weighted by Gasteiger charge is -2.16. The smallest absolute Gasteiger partial charge is 0.321 e. The van der Waals surface area contributed by atoms with Crippen LogP contribution < -0.4 is 0 Å². The third-order valence-electron chi connectivity index (χ3n) is 3.78. The number of hydrogen-bond acceptors (Lipinski definition) is 6. The number of fused-ring (bicyclic) bond motifs is 1. The van der Waals surface area contributed by atoms with E-state index in [-0.39, 0.29) is 18.0 Å². The Kier molecular flexibility index (Phi) is 5.36. The number of nitrogens with zero attached hydrogens (tertiary/aromatic N) is 2. The molecule has 0 saturated carbocycles. The Morgan fingerprint density at radius 3 is 2.54 bits per heavy atom. The Bertz CT molecular complexity index is 994. The van der Waals surface area contributed by atoms with E-state index in [2.05, 4.69) is 4.98 Å². The first-order chi connectivity index (χ1) is 12.4. The number of sulfonamides is 1. The number of carbonyl (C=O) groups excluding carboxylic acids is 1. The molecule has 1 aromatic heterocycles. The number of esters is 1. The van der Waals surface area contributed by atoms with Gasteiger partial charge in [-0.2, -0.15) is 4.31 Å². The average Bonchev–Trinajstić information content (AvgIpc) is 3.03. The van der Waals surface area contributed by atoms with Crippen molar-refractivity contribution >= 4 is 37.5 Å². The Hall–Kier alpha value is -2.29.